The van der Waals surface area contributed by atoms with Gasteiger partial charge in [-0.05, 0) is 24.6 Å². The smallest absolute Gasteiger partial charge is 0.414 e. The van der Waals surface area contributed by atoms with Crippen LogP contribution in [0.25, 0.3) is 0 Å². The highest BCUT2D eigenvalue weighted by atomic mass is 16.6. The van der Waals surface area contributed by atoms with Crippen LogP contribution in [0.15, 0.2) is 28.7 Å². The lowest BCUT2D eigenvalue weighted by molar-refractivity contribution is 0.239. The van der Waals surface area contributed by atoms with Gasteiger partial charge in [0.25, 0.3) is 0 Å². The van der Waals surface area contributed by atoms with Gasteiger partial charge >= 0.3 is 6.08 Å². The van der Waals surface area contributed by atoms with E-state index in [-0.39, 0.29) is 6.08 Å². The fourth-order valence-corrected chi connectivity index (χ4v) is 1.41. The number of rotatable bonds is 5. The molecule has 0 aliphatic carbocycles. The number of methoxy groups -OCH3 is 1. The zero-order chi connectivity index (χ0) is 12.1. The molecule has 90 valence electrons. The zero-order valence-electron chi connectivity index (χ0n) is 9.84. The second-order valence-corrected chi connectivity index (χ2v) is 3.42. The van der Waals surface area contributed by atoms with Crippen molar-refractivity contribution in [1.82, 2.24) is 10.2 Å². The maximum atomic E-state index is 5.31. The summed E-state index contributed by atoms with van der Waals surface area (Å²) in [5.41, 5.74) is 1.08. The summed E-state index contributed by atoms with van der Waals surface area (Å²) in [6.07, 6.45) is 0.806. The van der Waals surface area contributed by atoms with Gasteiger partial charge in [0.05, 0.1) is 20.1 Å². The molecular formula is C12H14N2O3. The zero-order valence-corrected chi connectivity index (χ0v) is 9.84. The Hall–Kier alpha value is -2.04. The first-order valence-electron chi connectivity index (χ1n) is 5.40. The van der Waals surface area contributed by atoms with Gasteiger partial charge in [-0.25, -0.2) is 0 Å². The molecule has 0 saturated heterocycles. The monoisotopic (exact) mass is 234 g/mol. The summed E-state index contributed by atoms with van der Waals surface area (Å²) in [7, 11) is 1.64. The van der Waals surface area contributed by atoms with Gasteiger partial charge in [0, 0.05) is 0 Å². The fourth-order valence-electron chi connectivity index (χ4n) is 1.41. The molecule has 17 heavy (non-hydrogen) atoms. The lowest BCUT2D eigenvalue weighted by Gasteiger charge is -2.00. The van der Waals surface area contributed by atoms with E-state index in [1.54, 1.807) is 7.11 Å². The topological polar surface area (TPSA) is 57.4 Å². The van der Waals surface area contributed by atoms with Crippen LogP contribution >= 0.6 is 0 Å². The molecule has 1 heterocycles. The summed E-state index contributed by atoms with van der Waals surface area (Å²) >= 11 is 0. The summed E-state index contributed by atoms with van der Waals surface area (Å²) in [6, 6.07) is 7.72. The fraction of sp³-hybridized carbons (Fsp3) is 0.333. The van der Waals surface area contributed by atoms with Crippen molar-refractivity contribution in [3.05, 3.63) is 35.7 Å². The van der Waals surface area contributed by atoms with E-state index in [1.165, 1.54) is 0 Å². The molecule has 0 N–H and O–H groups in total. The number of benzene rings is 1. The third kappa shape index (κ3) is 2.96. The number of hydrogen-bond acceptors (Lipinski definition) is 5. The summed E-state index contributed by atoms with van der Waals surface area (Å²) in [6.45, 7) is 2.39. The van der Waals surface area contributed by atoms with Crippen LogP contribution in [-0.2, 0) is 6.42 Å². The highest BCUT2D eigenvalue weighted by Crippen LogP contribution is 2.16. The van der Waals surface area contributed by atoms with Crippen molar-refractivity contribution in [2.45, 2.75) is 13.3 Å². The van der Waals surface area contributed by atoms with Gasteiger partial charge in [-0.15, -0.1) is 5.10 Å². The van der Waals surface area contributed by atoms with E-state index in [0.29, 0.717) is 18.9 Å². The lowest BCUT2D eigenvalue weighted by Crippen LogP contribution is -1.90. The van der Waals surface area contributed by atoms with E-state index in [4.69, 9.17) is 13.9 Å². The van der Waals surface area contributed by atoms with Crippen LogP contribution in [0.4, 0.5) is 0 Å². The molecule has 0 fully saturated rings. The van der Waals surface area contributed by atoms with Crippen molar-refractivity contribution >= 4 is 0 Å². The molecule has 2 aromatic rings. The molecule has 0 amide bonds. The average molecular weight is 234 g/mol. The Balaban J connectivity index is 2.03. The second kappa shape index (κ2) is 5.34. The largest absolute Gasteiger partial charge is 0.497 e. The molecule has 1 aromatic heterocycles. The van der Waals surface area contributed by atoms with Crippen molar-refractivity contribution in [2.24, 2.45) is 0 Å². The van der Waals surface area contributed by atoms with E-state index in [9.17, 15) is 0 Å². The van der Waals surface area contributed by atoms with E-state index in [2.05, 4.69) is 10.2 Å². The van der Waals surface area contributed by atoms with Crippen LogP contribution in [0.1, 0.15) is 18.4 Å². The maximum Gasteiger partial charge on any atom is 0.414 e. The summed E-state index contributed by atoms with van der Waals surface area (Å²) in [5.74, 6) is 1.37. The van der Waals surface area contributed by atoms with Crippen molar-refractivity contribution in [2.75, 3.05) is 13.7 Å². The molecule has 1 aromatic carbocycles. The van der Waals surface area contributed by atoms with Gasteiger partial charge in [-0.2, -0.15) is 0 Å². The molecule has 0 radical (unpaired) electrons. The Labute approximate surface area is 99.4 Å². The Morgan fingerprint density at radius 2 is 1.94 bits per heavy atom. The molecule has 0 unspecified atom stereocenters. The minimum Gasteiger partial charge on any atom is -0.497 e. The van der Waals surface area contributed by atoms with Crippen LogP contribution in [0.5, 0.6) is 11.8 Å². The minimum atomic E-state index is 0.219. The maximum absolute atomic E-state index is 5.31. The first-order valence-corrected chi connectivity index (χ1v) is 5.40. The molecule has 5 nitrogen and oxygen atoms in total. The van der Waals surface area contributed by atoms with Crippen LogP contribution in [0.2, 0.25) is 0 Å². The first-order chi connectivity index (χ1) is 8.31. The molecule has 0 bridgehead atoms. The second-order valence-electron chi connectivity index (χ2n) is 3.42. The van der Waals surface area contributed by atoms with Crippen LogP contribution < -0.4 is 9.47 Å². The first kappa shape index (κ1) is 11.4. The summed E-state index contributed by atoms with van der Waals surface area (Å²) in [4.78, 5) is 0. The molecule has 0 saturated carbocycles. The molecule has 0 aliphatic heterocycles. The lowest BCUT2D eigenvalue weighted by atomic mass is 10.1. The molecule has 0 atom stereocenters. The molecular weight excluding hydrogens is 220 g/mol. The number of ether oxygens (including phenoxy) is 2. The van der Waals surface area contributed by atoms with Gasteiger partial charge < -0.3 is 13.9 Å². The van der Waals surface area contributed by atoms with Crippen molar-refractivity contribution in [3.63, 3.8) is 0 Å². The summed E-state index contributed by atoms with van der Waals surface area (Å²) in [5, 5.41) is 7.67. The number of aromatic nitrogens is 2. The minimum absolute atomic E-state index is 0.219. The van der Waals surface area contributed by atoms with Gasteiger partial charge in [0.15, 0.2) is 0 Å². The predicted octanol–water partition coefficient (Wildman–Crippen LogP) is 2.07. The van der Waals surface area contributed by atoms with Gasteiger partial charge in [0.2, 0.25) is 5.89 Å². The Morgan fingerprint density at radius 3 is 2.59 bits per heavy atom. The molecule has 0 spiro atoms. The SMILES string of the molecule is CCOc1nnc(Cc2ccc(OC)cc2)o1. The summed E-state index contributed by atoms with van der Waals surface area (Å²) < 4.78 is 15.5. The normalized spacial score (nSPS) is 10.2. The number of hydrogen-bond donors (Lipinski definition) is 0. The van der Waals surface area contributed by atoms with Crippen LogP contribution in [0, 0.1) is 0 Å². The van der Waals surface area contributed by atoms with Crippen molar-refractivity contribution in [1.29, 1.82) is 0 Å². The predicted molar refractivity (Wildman–Crippen MR) is 61.3 cm³/mol. The Morgan fingerprint density at radius 1 is 1.18 bits per heavy atom. The molecule has 0 aliphatic rings. The van der Waals surface area contributed by atoms with Crippen molar-refractivity contribution in [3.8, 4) is 11.8 Å². The Bertz CT molecular complexity index is 465. The van der Waals surface area contributed by atoms with Crippen LogP contribution in [-0.4, -0.2) is 23.9 Å². The van der Waals surface area contributed by atoms with Crippen LogP contribution in [0.3, 0.4) is 0 Å². The standard InChI is InChI=1S/C12H14N2O3/c1-3-16-12-14-13-11(17-12)8-9-4-6-10(15-2)7-5-9/h4-7H,3,8H2,1-2H3. The highest BCUT2D eigenvalue weighted by Gasteiger charge is 2.07. The van der Waals surface area contributed by atoms with Gasteiger partial charge in [0.1, 0.15) is 5.75 Å². The van der Waals surface area contributed by atoms with E-state index in [0.717, 1.165) is 11.3 Å². The molecule has 2 rings (SSSR count). The van der Waals surface area contributed by atoms with E-state index < -0.39 is 0 Å². The highest BCUT2D eigenvalue weighted by molar-refractivity contribution is 5.28. The third-order valence-corrected chi connectivity index (χ3v) is 2.23. The number of nitrogens with zero attached hydrogens (tertiary/aromatic N) is 2. The molecule has 5 heteroatoms. The Kier molecular flexibility index (Phi) is 3.59. The van der Waals surface area contributed by atoms with Gasteiger partial charge in [-0.3, -0.25) is 0 Å². The van der Waals surface area contributed by atoms with Gasteiger partial charge in [-0.1, -0.05) is 17.2 Å². The van der Waals surface area contributed by atoms with Crippen molar-refractivity contribution < 1.29 is 13.9 Å². The van der Waals surface area contributed by atoms with E-state index >= 15 is 0 Å². The quantitative estimate of drug-likeness (QED) is 0.792. The third-order valence-electron chi connectivity index (χ3n) is 2.23. The van der Waals surface area contributed by atoms with E-state index in [1.807, 2.05) is 31.2 Å². The average Bonchev–Trinajstić information content (AvgIpc) is 2.78.